The van der Waals surface area contributed by atoms with Crippen LogP contribution in [-0.4, -0.2) is 14.4 Å². The Morgan fingerprint density at radius 3 is 2.70 bits per heavy atom. The monoisotopic (exact) mass is 268 g/mol. The molecule has 20 heavy (non-hydrogen) atoms. The van der Waals surface area contributed by atoms with E-state index in [-0.39, 0.29) is 0 Å². The van der Waals surface area contributed by atoms with E-state index >= 15 is 0 Å². The van der Waals surface area contributed by atoms with Crippen molar-refractivity contribution in [3.63, 3.8) is 0 Å². The first-order valence-electron chi connectivity index (χ1n) is 6.40. The molecule has 3 aromatic rings. The molecule has 102 valence electrons. The number of ether oxygens (including phenoxy) is 1. The molecule has 0 unspecified atom stereocenters. The van der Waals surface area contributed by atoms with Gasteiger partial charge in [0, 0.05) is 12.4 Å². The Morgan fingerprint density at radius 1 is 1.15 bits per heavy atom. The van der Waals surface area contributed by atoms with Crippen molar-refractivity contribution >= 4 is 11.5 Å². The summed E-state index contributed by atoms with van der Waals surface area (Å²) in [4.78, 5) is 8.51. The quantitative estimate of drug-likeness (QED) is 0.775. The van der Waals surface area contributed by atoms with Gasteiger partial charge in [-0.05, 0) is 37.5 Å². The van der Waals surface area contributed by atoms with E-state index in [4.69, 9.17) is 10.5 Å². The minimum absolute atomic E-state index is 0.397. The Kier molecular flexibility index (Phi) is 2.82. The molecule has 0 bridgehead atoms. The molecule has 0 amide bonds. The summed E-state index contributed by atoms with van der Waals surface area (Å²) in [6.45, 7) is 6.10. The van der Waals surface area contributed by atoms with Crippen molar-refractivity contribution in [2.75, 3.05) is 5.73 Å². The largest absolute Gasteiger partial charge is 0.435 e. The van der Waals surface area contributed by atoms with Gasteiger partial charge < -0.3 is 10.5 Å². The van der Waals surface area contributed by atoms with Crippen LogP contribution in [0.1, 0.15) is 16.7 Å². The normalized spacial score (nSPS) is 10.9. The summed E-state index contributed by atoms with van der Waals surface area (Å²) in [6, 6.07) is 4.11. The van der Waals surface area contributed by atoms with Crippen LogP contribution in [0.15, 0.2) is 30.7 Å². The number of nitrogens with zero attached hydrogens (tertiary/aromatic N) is 3. The molecule has 0 atom stereocenters. The van der Waals surface area contributed by atoms with Crippen LogP contribution in [-0.2, 0) is 0 Å². The van der Waals surface area contributed by atoms with Gasteiger partial charge in [0.2, 0.25) is 5.65 Å². The highest BCUT2D eigenvalue weighted by Gasteiger charge is 2.13. The maximum Gasteiger partial charge on any atom is 0.265 e. The summed E-state index contributed by atoms with van der Waals surface area (Å²) in [7, 11) is 0. The van der Waals surface area contributed by atoms with E-state index in [0.717, 1.165) is 16.9 Å². The highest BCUT2D eigenvalue weighted by Crippen LogP contribution is 2.31. The third-order valence-electron chi connectivity index (χ3n) is 3.43. The van der Waals surface area contributed by atoms with Gasteiger partial charge in [-0.1, -0.05) is 12.1 Å². The summed E-state index contributed by atoms with van der Waals surface area (Å²) < 4.78 is 7.80. The zero-order valence-electron chi connectivity index (χ0n) is 11.7. The maximum absolute atomic E-state index is 6.00. The smallest absolute Gasteiger partial charge is 0.265 e. The van der Waals surface area contributed by atoms with Crippen molar-refractivity contribution in [1.82, 2.24) is 14.4 Å². The van der Waals surface area contributed by atoms with Crippen LogP contribution in [0.5, 0.6) is 11.6 Å². The zero-order chi connectivity index (χ0) is 14.3. The number of hydrogen-bond acceptors (Lipinski definition) is 4. The number of fused-ring (bicyclic) bond motifs is 1. The van der Waals surface area contributed by atoms with Crippen LogP contribution in [0.3, 0.4) is 0 Å². The Balaban J connectivity index is 2.14. The number of hydrogen-bond donors (Lipinski definition) is 1. The Bertz CT molecular complexity index is 792. The first-order chi connectivity index (χ1) is 9.56. The molecule has 2 N–H and O–H groups in total. The SMILES string of the molecule is Cc1ccc(C)c(Oc2nc(N)cn3ccnc23)c1C. The van der Waals surface area contributed by atoms with Crippen molar-refractivity contribution in [3.05, 3.63) is 47.4 Å². The summed E-state index contributed by atoms with van der Waals surface area (Å²) in [5, 5.41) is 0. The van der Waals surface area contributed by atoms with E-state index in [0.29, 0.717) is 17.3 Å². The van der Waals surface area contributed by atoms with Gasteiger partial charge in [0.15, 0.2) is 0 Å². The van der Waals surface area contributed by atoms with Crippen LogP contribution in [0.4, 0.5) is 5.82 Å². The van der Waals surface area contributed by atoms with Crippen molar-refractivity contribution in [2.45, 2.75) is 20.8 Å². The molecular weight excluding hydrogens is 252 g/mol. The maximum atomic E-state index is 6.00. The lowest BCUT2D eigenvalue weighted by molar-refractivity contribution is 0.458. The van der Waals surface area contributed by atoms with Crippen LogP contribution in [0.2, 0.25) is 0 Å². The number of benzene rings is 1. The van der Waals surface area contributed by atoms with Gasteiger partial charge in [-0.15, -0.1) is 0 Å². The number of imidazole rings is 1. The number of anilines is 1. The lowest BCUT2D eigenvalue weighted by atomic mass is 10.1. The number of aromatic nitrogens is 3. The molecule has 0 aliphatic carbocycles. The summed E-state index contributed by atoms with van der Waals surface area (Å²) in [5.41, 5.74) is 9.78. The topological polar surface area (TPSA) is 65.4 Å². The standard InChI is InChI=1S/C15H16N4O/c1-9-4-5-10(2)13(11(9)3)20-15-14-17-6-7-19(14)8-12(16)18-15/h4-8H,16H2,1-3H3. The fraction of sp³-hybridized carbons (Fsp3) is 0.200. The molecular formula is C15H16N4O. The number of nitrogen functional groups attached to an aromatic ring is 1. The number of rotatable bonds is 2. The second-order valence-corrected chi connectivity index (χ2v) is 4.88. The van der Waals surface area contributed by atoms with Gasteiger partial charge in [0.1, 0.15) is 11.6 Å². The van der Waals surface area contributed by atoms with Crippen molar-refractivity contribution in [3.8, 4) is 11.6 Å². The molecule has 3 rings (SSSR count). The fourth-order valence-electron chi connectivity index (χ4n) is 2.17. The van der Waals surface area contributed by atoms with E-state index in [1.54, 1.807) is 16.8 Å². The van der Waals surface area contributed by atoms with Gasteiger partial charge in [0.05, 0.1) is 6.20 Å². The molecule has 0 aliphatic rings. The molecule has 0 saturated carbocycles. The van der Waals surface area contributed by atoms with E-state index in [9.17, 15) is 0 Å². The minimum Gasteiger partial charge on any atom is -0.435 e. The molecule has 0 spiro atoms. The molecule has 5 nitrogen and oxygen atoms in total. The Labute approximate surface area is 117 Å². The third kappa shape index (κ3) is 1.97. The van der Waals surface area contributed by atoms with Crippen LogP contribution in [0.25, 0.3) is 5.65 Å². The van der Waals surface area contributed by atoms with Gasteiger partial charge in [-0.3, -0.25) is 4.40 Å². The second-order valence-electron chi connectivity index (χ2n) is 4.88. The van der Waals surface area contributed by atoms with Crippen molar-refractivity contribution in [1.29, 1.82) is 0 Å². The average molecular weight is 268 g/mol. The third-order valence-corrected chi connectivity index (χ3v) is 3.43. The predicted octanol–water partition coefficient (Wildman–Crippen LogP) is 3.03. The molecule has 0 aliphatic heterocycles. The van der Waals surface area contributed by atoms with Gasteiger partial charge in [-0.25, -0.2) is 4.98 Å². The van der Waals surface area contributed by atoms with Crippen molar-refractivity contribution < 1.29 is 4.74 Å². The van der Waals surface area contributed by atoms with Gasteiger partial charge in [0.25, 0.3) is 5.88 Å². The highest BCUT2D eigenvalue weighted by molar-refractivity contribution is 5.56. The summed E-state index contributed by atoms with van der Waals surface area (Å²) in [5.74, 6) is 1.63. The highest BCUT2D eigenvalue weighted by atomic mass is 16.5. The predicted molar refractivity (Wildman–Crippen MR) is 78.1 cm³/mol. The first kappa shape index (κ1) is 12.5. The van der Waals surface area contributed by atoms with E-state index in [2.05, 4.69) is 23.0 Å². The Hall–Kier alpha value is -2.56. The zero-order valence-corrected chi connectivity index (χ0v) is 11.7. The lowest BCUT2D eigenvalue weighted by Gasteiger charge is -2.13. The second kappa shape index (κ2) is 4.52. The molecule has 0 radical (unpaired) electrons. The Morgan fingerprint density at radius 2 is 1.90 bits per heavy atom. The molecule has 0 saturated heterocycles. The van der Waals surface area contributed by atoms with Gasteiger partial charge in [-0.2, -0.15) is 4.98 Å². The fourth-order valence-corrected chi connectivity index (χ4v) is 2.17. The molecule has 5 heteroatoms. The lowest BCUT2D eigenvalue weighted by Crippen LogP contribution is -2.01. The van der Waals surface area contributed by atoms with E-state index in [1.165, 1.54) is 5.56 Å². The van der Waals surface area contributed by atoms with Gasteiger partial charge >= 0.3 is 0 Å². The summed E-state index contributed by atoms with van der Waals surface area (Å²) in [6.07, 6.45) is 5.22. The minimum atomic E-state index is 0.397. The van der Waals surface area contributed by atoms with E-state index < -0.39 is 0 Å². The molecule has 2 aromatic heterocycles. The first-order valence-corrected chi connectivity index (χ1v) is 6.40. The van der Waals surface area contributed by atoms with E-state index in [1.807, 2.05) is 26.1 Å². The summed E-state index contributed by atoms with van der Waals surface area (Å²) >= 11 is 0. The molecule has 1 aromatic carbocycles. The number of aryl methyl sites for hydroxylation is 2. The van der Waals surface area contributed by atoms with Crippen LogP contribution in [0, 0.1) is 20.8 Å². The molecule has 2 heterocycles. The molecule has 0 fully saturated rings. The van der Waals surface area contributed by atoms with Crippen LogP contribution < -0.4 is 10.5 Å². The average Bonchev–Trinajstić information content (AvgIpc) is 2.87. The number of nitrogens with two attached hydrogens (primary N) is 1. The van der Waals surface area contributed by atoms with Crippen LogP contribution >= 0.6 is 0 Å². The van der Waals surface area contributed by atoms with Crippen molar-refractivity contribution in [2.24, 2.45) is 0 Å².